The van der Waals surface area contributed by atoms with Gasteiger partial charge in [-0.1, -0.05) is 38.1 Å². The average molecular weight is 242 g/mol. The third kappa shape index (κ3) is 3.06. The Hall–Kier alpha value is -1.90. The summed E-state index contributed by atoms with van der Waals surface area (Å²) < 4.78 is 0. The fourth-order valence-electron chi connectivity index (χ4n) is 1.76. The minimum Gasteiger partial charge on any atom is -0.351 e. The van der Waals surface area contributed by atoms with Crippen LogP contribution in [0.3, 0.4) is 0 Å². The zero-order valence-electron chi connectivity index (χ0n) is 10.8. The molecule has 0 saturated carbocycles. The molecule has 0 spiro atoms. The van der Waals surface area contributed by atoms with E-state index in [4.69, 9.17) is 0 Å². The molecule has 1 aromatic carbocycles. The Morgan fingerprint density at radius 2 is 2.00 bits per heavy atom. The number of fused-ring (bicyclic) bond motifs is 1. The molecular weight excluding hydrogens is 224 g/mol. The number of hydrogen-bond donors (Lipinski definition) is 1. The third-order valence-corrected chi connectivity index (χ3v) is 2.84. The molecule has 2 aromatic rings. The van der Waals surface area contributed by atoms with Gasteiger partial charge in [0.1, 0.15) is 5.69 Å². The van der Waals surface area contributed by atoms with E-state index in [9.17, 15) is 4.79 Å². The van der Waals surface area contributed by atoms with Crippen LogP contribution in [0.2, 0.25) is 0 Å². The van der Waals surface area contributed by atoms with E-state index < -0.39 is 0 Å². The zero-order chi connectivity index (χ0) is 13.0. The Labute approximate surface area is 107 Å². The summed E-state index contributed by atoms with van der Waals surface area (Å²) in [4.78, 5) is 16.3. The molecule has 0 radical (unpaired) electrons. The lowest BCUT2D eigenvalue weighted by Gasteiger charge is -2.07. The van der Waals surface area contributed by atoms with Gasteiger partial charge in [0.2, 0.25) is 0 Å². The first-order valence-corrected chi connectivity index (χ1v) is 6.31. The lowest BCUT2D eigenvalue weighted by Crippen LogP contribution is -2.26. The van der Waals surface area contributed by atoms with Crippen LogP contribution in [0.5, 0.6) is 0 Å². The number of pyridine rings is 1. The second-order valence-electron chi connectivity index (χ2n) is 4.83. The van der Waals surface area contributed by atoms with Crippen molar-refractivity contribution in [2.24, 2.45) is 5.92 Å². The van der Waals surface area contributed by atoms with E-state index in [1.54, 1.807) is 6.07 Å². The fraction of sp³-hybridized carbons (Fsp3) is 0.333. The minimum atomic E-state index is -0.0959. The number of nitrogens with one attached hydrogen (secondary N) is 1. The molecule has 0 aliphatic heterocycles. The van der Waals surface area contributed by atoms with Crippen molar-refractivity contribution in [2.45, 2.75) is 20.3 Å². The van der Waals surface area contributed by atoms with Crippen LogP contribution >= 0.6 is 0 Å². The molecule has 1 aromatic heterocycles. The Morgan fingerprint density at radius 3 is 2.78 bits per heavy atom. The quantitative estimate of drug-likeness (QED) is 0.895. The molecule has 0 saturated heterocycles. The molecule has 3 heteroatoms. The third-order valence-electron chi connectivity index (χ3n) is 2.84. The topological polar surface area (TPSA) is 42.0 Å². The lowest BCUT2D eigenvalue weighted by atomic mass is 10.1. The highest BCUT2D eigenvalue weighted by atomic mass is 16.1. The van der Waals surface area contributed by atoms with Gasteiger partial charge in [0, 0.05) is 11.9 Å². The fourth-order valence-corrected chi connectivity index (χ4v) is 1.76. The summed E-state index contributed by atoms with van der Waals surface area (Å²) >= 11 is 0. The van der Waals surface area contributed by atoms with Crippen molar-refractivity contribution >= 4 is 16.8 Å². The predicted octanol–water partition coefficient (Wildman–Crippen LogP) is 3.01. The molecule has 0 aliphatic rings. The number of rotatable bonds is 4. The molecule has 1 amide bonds. The standard InChI is InChI=1S/C15H18N2O/c1-11(2)9-10-16-15(18)14-8-7-12-5-3-4-6-13(12)17-14/h3-8,11H,9-10H2,1-2H3,(H,16,18). The van der Waals surface area contributed by atoms with Crippen LogP contribution in [-0.2, 0) is 0 Å². The van der Waals surface area contributed by atoms with E-state index in [-0.39, 0.29) is 5.91 Å². The van der Waals surface area contributed by atoms with Crippen LogP contribution in [-0.4, -0.2) is 17.4 Å². The van der Waals surface area contributed by atoms with Gasteiger partial charge in [-0.3, -0.25) is 4.79 Å². The van der Waals surface area contributed by atoms with E-state index in [0.29, 0.717) is 18.2 Å². The van der Waals surface area contributed by atoms with Crippen molar-refractivity contribution in [3.8, 4) is 0 Å². The maximum atomic E-state index is 11.9. The van der Waals surface area contributed by atoms with Crippen LogP contribution in [0.1, 0.15) is 30.8 Å². The smallest absolute Gasteiger partial charge is 0.269 e. The van der Waals surface area contributed by atoms with E-state index in [1.807, 2.05) is 30.3 Å². The largest absolute Gasteiger partial charge is 0.351 e. The van der Waals surface area contributed by atoms with Gasteiger partial charge in [-0.2, -0.15) is 0 Å². The summed E-state index contributed by atoms with van der Waals surface area (Å²) in [5.74, 6) is 0.497. The first kappa shape index (κ1) is 12.6. The van der Waals surface area contributed by atoms with Crippen LogP contribution in [0.25, 0.3) is 10.9 Å². The molecule has 0 fully saturated rings. The van der Waals surface area contributed by atoms with Gasteiger partial charge in [-0.25, -0.2) is 4.98 Å². The number of benzene rings is 1. The zero-order valence-corrected chi connectivity index (χ0v) is 10.8. The van der Waals surface area contributed by atoms with Gasteiger partial charge < -0.3 is 5.32 Å². The molecule has 1 heterocycles. The molecule has 18 heavy (non-hydrogen) atoms. The van der Waals surface area contributed by atoms with Gasteiger partial charge in [-0.15, -0.1) is 0 Å². The number of amides is 1. The summed E-state index contributed by atoms with van der Waals surface area (Å²) in [6.07, 6.45) is 0.985. The summed E-state index contributed by atoms with van der Waals surface area (Å²) in [7, 11) is 0. The Balaban J connectivity index is 2.08. The lowest BCUT2D eigenvalue weighted by molar-refractivity contribution is 0.0947. The highest BCUT2D eigenvalue weighted by Crippen LogP contribution is 2.11. The summed E-state index contributed by atoms with van der Waals surface area (Å²) in [5.41, 5.74) is 1.34. The maximum absolute atomic E-state index is 11.9. The van der Waals surface area contributed by atoms with E-state index >= 15 is 0 Å². The minimum absolute atomic E-state index is 0.0959. The van der Waals surface area contributed by atoms with Crippen LogP contribution in [0.4, 0.5) is 0 Å². The molecule has 0 unspecified atom stereocenters. The summed E-state index contributed by atoms with van der Waals surface area (Å²) in [6, 6.07) is 11.5. The van der Waals surface area contributed by atoms with Gasteiger partial charge in [0.25, 0.3) is 5.91 Å². The van der Waals surface area contributed by atoms with Crippen molar-refractivity contribution in [1.29, 1.82) is 0 Å². The first-order valence-electron chi connectivity index (χ1n) is 6.31. The van der Waals surface area contributed by atoms with Crippen LogP contribution in [0, 0.1) is 5.92 Å². The van der Waals surface area contributed by atoms with E-state index in [1.165, 1.54) is 0 Å². The van der Waals surface area contributed by atoms with E-state index in [2.05, 4.69) is 24.1 Å². The van der Waals surface area contributed by atoms with Gasteiger partial charge in [0.15, 0.2) is 0 Å². The number of para-hydroxylation sites is 1. The first-order chi connectivity index (χ1) is 8.66. The molecular formula is C15H18N2O. The maximum Gasteiger partial charge on any atom is 0.269 e. The Bertz CT molecular complexity index is 549. The monoisotopic (exact) mass is 242 g/mol. The highest BCUT2D eigenvalue weighted by molar-refractivity contribution is 5.94. The Morgan fingerprint density at radius 1 is 1.22 bits per heavy atom. The molecule has 0 bridgehead atoms. The second-order valence-corrected chi connectivity index (χ2v) is 4.83. The number of aromatic nitrogens is 1. The van der Waals surface area contributed by atoms with Gasteiger partial charge in [-0.05, 0) is 24.5 Å². The summed E-state index contributed by atoms with van der Waals surface area (Å²) in [5, 5.41) is 3.95. The highest BCUT2D eigenvalue weighted by Gasteiger charge is 2.07. The number of carbonyl (C=O) groups excluding carboxylic acids is 1. The Kier molecular flexibility index (Phi) is 3.92. The van der Waals surface area contributed by atoms with Crippen molar-refractivity contribution in [3.63, 3.8) is 0 Å². The normalized spacial score (nSPS) is 10.8. The number of nitrogens with zero attached hydrogens (tertiary/aromatic N) is 1. The van der Waals surface area contributed by atoms with E-state index in [0.717, 1.165) is 17.3 Å². The van der Waals surface area contributed by atoms with Crippen molar-refractivity contribution in [3.05, 3.63) is 42.1 Å². The van der Waals surface area contributed by atoms with Crippen molar-refractivity contribution in [1.82, 2.24) is 10.3 Å². The number of carbonyl (C=O) groups is 1. The van der Waals surface area contributed by atoms with Crippen LogP contribution < -0.4 is 5.32 Å². The van der Waals surface area contributed by atoms with Crippen LogP contribution in [0.15, 0.2) is 36.4 Å². The molecule has 0 aliphatic carbocycles. The van der Waals surface area contributed by atoms with Gasteiger partial charge >= 0.3 is 0 Å². The molecule has 2 rings (SSSR count). The molecule has 1 N–H and O–H groups in total. The van der Waals surface area contributed by atoms with Gasteiger partial charge in [0.05, 0.1) is 5.52 Å². The van der Waals surface area contributed by atoms with Crippen molar-refractivity contribution < 1.29 is 4.79 Å². The number of hydrogen-bond acceptors (Lipinski definition) is 2. The average Bonchev–Trinajstić information content (AvgIpc) is 2.37. The molecule has 94 valence electrons. The molecule has 0 atom stereocenters. The second kappa shape index (κ2) is 5.63. The summed E-state index contributed by atoms with van der Waals surface area (Å²) in [6.45, 7) is 4.98. The predicted molar refractivity (Wildman–Crippen MR) is 73.5 cm³/mol. The molecule has 3 nitrogen and oxygen atoms in total. The SMILES string of the molecule is CC(C)CCNC(=O)c1ccc2ccccc2n1. The van der Waals surface area contributed by atoms with Crippen molar-refractivity contribution in [2.75, 3.05) is 6.54 Å².